The van der Waals surface area contributed by atoms with Gasteiger partial charge in [0.05, 0.1) is 6.61 Å². The first-order chi connectivity index (χ1) is 11.3. The molecule has 1 aliphatic heterocycles. The van der Waals surface area contributed by atoms with Crippen LogP contribution in [0.2, 0.25) is 0 Å². The highest BCUT2D eigenvalue weighted by molar-refractivity contribution is 5.94. The first-order valence-corrected chi connectivity index (χ1v) is 8.93. The lowest BCUT2D eigenvalue weighted by molar-refractivity contribution is 0.0687. The zero-order valence-electron chi connectivity index (χ0n) is 14.5. The van der Waals surface area contributed by atoms with Crippen molar-refractivity contribution in [3.8, 4) is 5.75 Å². The highest BCUT2D eigenvalue weighted by Crippen LogP contribution is 2.29. The standard InChI is InChI=1S/C19H28N2O2.ClH/c1-20-11-8-15-9-12-21(13-10-15)19(22)17-4-6-18(7-5-17)23-14-16-2-3-16;/h4-7,15-16,20H,2-3,8-14H2,1H3;1H. The number of ether oxygens (including phenoxy) is 1. The van der Waals surface area contributed by atoms with Crippen molar-refractivity contribution in [2.24, 2.45) is 11.8 Å². The zero-order chi connectivity index (χ0) is 16.1. The minimum atomic E-state index is 0. The van der Waals surface area contributed by atoms with Crippen LogP contribution < -0.4 is 10.1 Å². The molecular weight excluding hydrogens is 324 g/mol. The SMILES string of the molecule is CNCCC1CCN(C(=O)c2ccc(OCC3CC3)cc2)CC1.Cl. The minimum Gasteiger partial charge on any atom is -0.493 e. The molecule has 2 fully saturated rings. The maximum Gasteiger partial charge on any atom is 0.253 e. The van der Waals surface area contributed by atoms with Gasteiger partial charge in [0.15, 0.2) is 0 Å². The molecular formula is C19H29ClN2O2. The van der Waals surface area contributed by atoms with E-state index in [1.54, 1.807) is 0 Å². The fourth-order valence-corrected chi connectivity index (χ4v) is 3.15. The van der Waals surface area contributed by atoms with Gasteiger partial charge in [0.2, 0.25) is 0 Å². The van der Waals surface area contributed by atoms with E-state index in [1.807, 2.05) is 36.2 Å². The summed E-state index contributed by atoms with van der Waals surface area (Å²) >= 11 is 0. The van der Waals surface area contributed by atoms with Gasteiger partial charge in [-0.15, -0.1) is 12.4 Å². The molecule has 4 nitrogen and oxygen atoms in total. The van der Waals surface area contributed by atoms with E-state index in [0.29, 0.717) is 0 Å². The molecule has 0 aromatic heterocycles. The Balaban J connectivity index is 0.00000208. The van der Waals surface area contributed by atoms with Crippen molar-refractivity contribution in [1.82, 2.24) is 10.2 Å². The monoisotopic (exact) mass is 352 g/mol. The molecule has 1 heterocycles. The predicted molar refractivity (Wildman–Crippen MR) is 99.1 cm³/mol. The molecule has 1 saturated carbocycles. The fourth-order valence-electron chi connectivity index (χ4n) is 3.15. The van der Waals surface area contributed by atoms with Crippen molar-refractivity contribution >= 4 is 18.3 Å². The number of likely N-dealkylation sites (tertiary alicyclic amines) is 1. The highest BCUT2D eigenvalue weighted by Gasteiger charge is 2.24. The molecule has 0 spiro atoms. The van der Waals surface area contributed by atoms with Crippen LogP contribution in [-0.4, -0.2) is 44.1 Å². The average molecular weight is 353 g/mol. The third kappa shape index (κ3) is 5.38. The largest absolute Gasteiger partial charge is 0.493 e. The van der Waals surface area contributed by atoms with Crippen LogP contribution in [0.3, 0.4) is 0 Å². The normalized spacial score (nSPS) is 18.1. The van der Waals surface area contributed by atoms with Crippen LogP contribution in [0.4, 0.5) is 0 Å². The predicted octanol–water partition coefficient (Wildman–Crippen LogP) is 3.36. The Kier molecular flexibility index (Phi) is 7.38. The Labute approximate surface area is 151 Å². The van der Waals surface area contributed by atoms with Gasteiger partial charge in [0.25, 0.3) is 5.91 Å². The molecule has 0 bridgehead atoms. The van der Waals surface area contributed by atoms with Crippen molar-refractivity contribution in [2.45, 2.75) is 32.1 Å². The number of rotatable bonds is 7. The summed E-state index contributed by atoms with van der Waals surface area (Å²) in [4.78, 5) is 14.6. The molecule has 1 aromatic carbocycles. The molecule has 1 N–H and O–H groups in total. The number of hydrogen-bond donors (Lipinski definition) is 1. The number of halogens is 1. The van der Waals surface area contributed by atoms with Crippen molar-refractivity contribution in [3.05, 3.63) is 29.8 Å². The third-order valence-electron chi connectivity index (χ3n) is 4.99. The molecule has 5 heteroatoms. The first kappa shape index (κ1) is 19.1. The molecule has 1 aliphatic carbocycles. The van der Waals surface area contributed by atoms with Gasteiger partial charge in [-0.05, 0) is 81.8 Å². The van der Waals surface area contributed by atoms with E-state index in [2.05, 4.69) is 5.32 Å². The van der Waals surface area contributed by atoms with E-state index >= 15 is 0 Å². The summed E-state index contributed by atoms with van der Waals surface area (Å²) in [5.41, 5.74) is 0.775. The van der Waals surface area contributed by atoms with Crippen LogP contribution in [0, 0.1) is 11.8 Å². The number of benzene rings is 1. The van der Waals surface area contributed by atoms with Gasteiger partial charge >= 0.3 is 0 Å². The van der Waals surface area contributed by atoms with E-state index < -0.39 is 0 Å². The van der Waals surface area contributed by atoms with Gasteiger partial charge in [-0.1, -0.05) is 0 Å². The van der Waals surface area contributed by atoms with E-state index in [-0.39, 0.29) is 18.3 Å². The van der Waals surface area contributed by atoms with Crippen molar-refractivity contribution in [1.29, 1.82) is 0 Å². The molecule has 1 saturated heterocycles. The van der Waals surface area contributed by atoms with Gasteiger partial charge in [-0.25, -0.2) is 0 Å². The van der Waals surface area contributed by atoms with Gasteiger partial charge < -0.3 is 15.0 Å². The molecule has 1 amide bonds. The Morgan fingerprint density at radius 1 is 1.12 bits per heavy atom. The molecule has 0 radical (unpaired) electrons. The van der Waals surface area contributed by atoms with E-state index in [0.717, 1.165) is 62.2 Å². The molecule has 3 rings (SSSR count). The van der Waals surface area contributed by atoms with Crippen molar-refractivity contribution in [2.75, 3.05) is 33.3 Å². The van der Waals surface area contributed by atoms with Gasteiger partial charge in [-0.3, -0.25) is 4.79 Å². The van der Waals surface area contributed by atoms with E-state index in [1.165, 1.54) is 19.3 Å². The van der Waals surface area contributed by atoms with Crippen LogP contribution in [-0.2, 0) is 0 Å². The van der Waals surface area contributed by atoms with Crippen LogP contribution >= 0.6 is 12.4 Å². The average Bonchev–Trinajstić information content (AvgIpc) is 3.43. The maximum absolute atomic E-state index is 12.6. The number of amides is 1. The maximum atomic E-state index is 12.6. The van der Waals surface area contributed by atoms with Crippen LogP contribution in [0.25, 0.3) is 0 Å². The second-order valence-electron chi connectivity index (χ2n) is 6.91. The van der Waals surface area contributed by atoms with Crippen molar-refractivity contribution < 1.29 is 9.53 Å². The Hall–Kier alpha value is -1.26. The van der Waals surface area contributed by atoms with Crippen molar-refractivity contribution in [3.63, 3.8) is 0 Å². The number of nitrogens with zero attached hydrogens (tertiary/aromatic N) is 1. The Morgan fingerprint density at radius 2 is 1.79 bits per heavy atom. The van der Waals surface area contributed by atoms with Crippen LogP contribution in [0.15, 0.2) is 24.3 Å². The fraction of sp³-hybridized carbons (Fsp3) is 0.632. The number of carbonyl (C=O) groups excluding carboxylic acids is 1. The van der Waals surface area contributed by atoms with Gasteiger partial charge in [0.1, 0.15) is 5.75 Å². The Morgan fingerprint density at radius 3 is 2.38 bits per heavy atom. The summed E-state index contributed by atoms with van der Waals surface area (Å²) in [6.07, 6.45) is 6.04. The van der Waals surface area contributed by atoms with E-state index in [9.17, 15) is 4.79 Å². The summed E-state index contributed by atoms with van der Waals surface area (Å²) in [5, 5.41) is 3.21. The lowest BCUT2D eigenvalue weighted by atomic mass is 9.93. The summed E-state index contributed by atoms with van der Waals surface area (Å²) in [6.45, 7) is 3.65. The zero-order valence-corrected chi connectivity index (χ0v) is 15.3. The highest BCUT2D eigenvalue weighted by atomic mass is 35.5. The first-order valence-electron chi connectivity index (χ1n) is 8.93. The molecule has 0 atom stereocenters. The molecule has 134 valence electrons. The molecule has 1 aromatic rings. The lowest BCUT2D eigenvalue weighted by Gasteiger charge is -2.32. The van der Waals surface area contributed by atoms with Crippen LogP contribution in [0.1, 0.15) is 42.5 Å². The smallest absolute Gasteiger partial charge is 0.253 e. The number of nitrogens with one attached hydrogen (secondary N) is 1. The minimum absolute atomic E-state index is 0. The molecule has 2 aliphatic rings. The molecule has 24 heavy (non-hydrogen) atoms. The second kappa shape index (κ2) is 9.28. The Bertz CT molecular complexity index is 509. The van der Waals surface area contributed by atoms with Gasteiger partial charge in [0, 0.05) is 18.7 Å². The number of hydrogen-bond acceptors (Lipinski definition) is 3. The van der Waals surface area contributed by atoms with Gasteiger partial charge in [-0.2, -0.15) is 0 Å². The summed E-state index contributed by atoms with van der Waals surface area (Å²) in [6, 6.07) is 7.65. The third-order valence-corrected chi connectivity index (χ3v) is 4.99. The number of carbonyl (C=O) groups is 1. The topological polar surface area (TPSA) is 41.6 Å². The number of piperidine rings is 1. The van der Waals surface area contributed by atoms with Crippen LogP contribution in [0.5, 0.6) is 5.75 Å². The summed E-state index contributed by atoms with van der Waals surface area (Å²) in [7, 11) is 2.00. The van der Waals surface area contributed by atoms with E-state index in [4.69, 9.17) is 4.74 Å². The lowest BCUT2D eigenvalue weighted by Crippen LogP contribution is -2.38. The molecule has 0 unspecified atom stereocenters. The second-order valence-corrected chi connectivity index (χ2v) is 6.91. The summed E-state index contributed by atoms with van der Waals surface area (Å²) < 4.78 is 5.73. The summed E-state index contributed by atoms with van der Waals surface area (Å²) in [5.74, 6) is 2.54. The quantitative estimate of drug-likeness (QED) is 0.818.